The molecule has 0 aliphatic heterocycles. The Bertz CT molecular complexity index is 727. The van der Waals surface area contributed by atoms with E-state index >= 15 is 0 Å². The van der Waals surface area contributed by atoms with Crippen LogP contribution in [0.15, 0.2) is 12.2 Å². The highest BCUT2D eigenvalue weighted by atomic mass is 16.3. The van der Waals surface area contributed by atoms with Crippen molar-refractivity contribution in [1.82, 2.24) is 0 Å². The van der Waals surface area contributed by atoms with Crippen LogP contribution in [0, 0.1) is 46.3 Å². The lowest BCUT2D eigenvalue weighted by Crippen LogP contribution is -2.68. The summed E-state index contributed by atoms with van der Waals surface area (Å²) in [6, 6.07) is 0. The van der Waals surface area contributed by atoms with Crippen LogP contribution in [0.25, 0.3) is 0 Å². The lowest BCUT2D eigenvalue weighted by Gasteiger charge is -2.65. The predicted molar refractivity (Wildman–Crippen MR) is 128 cm³/mol. The van der Waals surface area contributed by atoms with Crippen molar-refractivity contribution >= 4 is 0 Å². The zero-order valence-electron chi connectivity index (χ0n) is 21.2. The van der Waals surface area contributed by atoms with E-state index in [2.05, 4.69) is 39.8 Å². The Kier molecular flexibility index (Phi) is 6.23. The minimum Gasteiger partial charge on any atom is -0.393 e. The summed E-state index contributed by atoms with van der Waals surface area (Å²) in [4.78, 5) is 0. The Hall–Kier alpha value is -0.420. The molecule has 0 bridgehead atoms. The third kappa shape index (κ3) is 3.63. The molecule has 11 unspecified atom stereocenters. The number of fused-ring (bicyclic) bond motifs is 5. The van der Waals surface area contributed by atoms with E-state index in [0.717, 1.165) is 19.3 Å². The van der Waals surface area contributed by atoms with Crippen molar-refractivity contribution in [2.24, 2.45) is 46.3 Å². The number of hydrogen-bond donors (Lipinski definition) is 4. The summed E-state index contributed by atoms with van der Waals surface area (Å²) in [6.45, 7) is 12.9. The largest absolute Gasteiger partial charge is 0.393 e. The maximum absolute atomic E-state index is 11.6. The summed E-state index contributed by atoms with van der Waals surface area (Å²) in [5.41, 5.74) is -1.89. The van der Waals surface area contributed by atoms with Gasteiger partial charge in [-0.1, -0.05) is 39.8 Å². The van der Waals surface area contributed by atoms with Gasteiger partial charge in [-0.25, -0.2) is 0 Å². The van der Waals surface area contributed by atoms with Crippen molar-refractivity contribution in [3.05, 3.63) is 12.2 Å². The topological polar surface area (TPSA) is 80.9 Å². The van der Waals surface area contributed by atoms with E-state index in [1.807, 2.05) is 13.8 Å². The molecule has 32 heavy (non-hydrogen) atoms. The SMILES string of the molecule is CC(C=CC(C)C(C)(C)O)C1CCC2C3CC(O)C4(O)CC(O)CCC4(C)C3CCC12C. The molecular formula is C28H48O4. The normalized spacial score (nSPS) is 51.1. The molecule has 4 N–H and O–H groups in total. The summed E-state index contributed by atoms with van der Waals surface area (Å²) < 4.78 is 0. The molecule has 0 heterocycles. The molecule has 0 amide bonds. The quantitative estimate of drug-likeness (QED) is 0.470. The molecule has 184 valence electrons. The van der Waals surface area contributed by atoms with Gasteiger partial charge in [0.15, 0.2) is 0 Å². The lowest BCUT2D eigenvalue weighted by atomic mass is 9.42. The standard InChI is InChI=1S/C28H48O4/c1-17(7-8-18(2)25(3,4)31)21-9-10-22-20-15-24(30)28(32)16-19(29)11-14-27(28,6)23(20)12-13-26(21,22)5/h7-8,17-24,29-32H,9-16H2,1-6H3. The van der Waals surface area contributed by atoms with E-state index in [0.29, 0.717) is 42.4 Å². The highest BCUT2D eigenvalue weighted by molar-refractivity contribution is 5.17. The fourth-order valence-electron chi connectivity index (χ4n) is 8.88. The molecule has 0 aromatic carbocycles. The van der Waals surface area contributed by atoms with Crippen molar-refractivity contribution in [2.45, 2.75) is 116 Å². The summed E-state index contributed by atoms with van der Waals surface area (Å²) >= 11 is 0. The Balaban J connectivity index is 1.56. The number of aliphatic hydroxyl groups is 4. The van der Waals surface area contributed by atoms with Crippen LogP contribution in [0.2, 0.25) is 0 Å². The number of allylic oxidation sites excluding steroid dienone is 1. The van der Waals surface area contributed by atoms with Gasteiger partial charge in [-0.3, -0.25) is 0 Å². The minimum atomic E-state index is -1.15. The van der Waals surface area contributed by atoms with Gasteiger partial charge in [0.25, 0.3) is 0 Å². The second-order valence-electron chi connectivity index (χ2n) is 13.3. The monoisotopic (exact) mass is 448 g/mol. The van der Waals surface area contributed by atoms with E-state index in [-0.39, 0.29) is 16.7 Å². The molecule has 0 aromatic heterocycles. The third-order valence-electron chi connectivity index (χ3n) is 11.4. The average Bonchev–Trinajstić information content (AvgIpc) is 3.05. The van der Waals surface area contributed by atoms with E-state index in [1.54, 1.807) is 0 Å². The van der Waals surface area contributed by atoms with Gasteiger partial charge in [0, 0.05) is 17.8 Å². The maximum Gasteiger partial charge on any atom is 0.0985 e. The van der Waals surface area contributed by atoms with Gasteiger partial charge in [0.05, 0.1) is 23.4 Å². The molecule has 0 radical (unpaired) electrons. The predicted octanol–water partition coefficient (Wildman–Crippen LogP) is 4.69. The number of hydrogen-bond acceptors (Lipinski definition) is 4. The molecule has 4 fully saturated rings. The van der Waals surface area contributed by atoms with Crippen LogP contribution >= 0.6 is 0 Å². The van der Waals surface area contributed by atoms with Crippen LogP contribution in [0.5, 0.6) is 0 Å². The van der Waals surface area contributed by atoms with Crippen molar-refractivity contribution in [1.29, 1.82) is 0 Å². The molecule has 4 heteroatoms. The minimum absolute atomic E-state index is 0.124. The first-order valence-corrected chi connectivity index (χ1v) is 13.2. The van der Waals surface area contributed by atoms with Crippen LogP contribution < -0.4 is 0 Å². The Morgan fingerprint density at radius 1 is 0.938 bits per heavy atom. The maximum atomic E-state index is 11.6. The second kappa shape index (κ2) is 8.07. The van der Waals surface area contributed by atoms with Crippen molar-refractivity contribution in [2.75, 3.05) is 0 Å². The molecule has 4 aliphatic rings. The van der Waals surface area contributed by atoms with Gasteiger partial charge >= 0.3 is 0 Å². The first kappa shape index (κ1) is 24.7. The molecule has 4 rings (SSSR count). The first-order chi connectivity index (χ1) is 14.7. The third-order valence-corrected chi connectivity index (χ3v) is 11.4. The van der Waals surface area contributed by atoms with Gasteiger partial charge in [-0.15, -0.1) is 0 Å². The molecule has 0 aromatic rings. The average molecular weight is 449 g/mol. The Morgan fingerprint density at radius 2 is 1.62 bits per heavy atom. The Morgan fingerprint density at radius 3 is 2.28 bits per heavy atom. The van der Waals surface area contributed by atoms with Gasteiger partial charge in [0.1, 0.15) is 0 Å². The fraction of sp³-hybridized carbons (Fsp3) is 0.929. The second-order valence-corrected chi connectivity index (χ2v) is 13.3. The van der Waals surface area contributed by atoms with Gasteiger partial charge in [-0.05, 0) is 93.8 Å². The van der Waals surface area contributed by atoms with E-state index in [1.165, 1.54) is 19.3 Å². The van der Waals surface area contributed by atoms with E-state index < -0.39 is 23.4 Å². The van der Waals surface area contributed by atoms with Crippen LogP contribution in [0.3, 0.4) is 0 Å². The molecule has 11 atom stereocenters. The van der Waals surface area contributed by atoms with Gasteiger partial charge < -0.3 is 20.4 Å². The van der Waals surface area contributed by atoms with Crippen LogP contribution in [0.4, 0.5) is 0 Å². The zero-order valence-corrected chi connectivity index (χ0v) is 21.2. The van der Waals surface area contributed by atoms with Crippen molar-refractivity contribution < 1.29 is 20.4 Å². The smallest absolute Gasteiger partial charge is 0.0985 e. The summed E-state index contributed by atoms with van der Waals surface area (Å²) in [7, 11) is 0. The van der Waals surface area contributed by atoms with Crippen molar-refractivity contribution in [3.8, 4) is 0 Å². The van der Waals surface area contributed by atoms with Crippen molar-refractivity contribution in [3.63, 3.8) is 0 Å². The molecule has 4 nitrogen and oxygen atoms in total. The van der Waals surface area contributed by atoms with Crippen LogP contribution in [0.1, 0.15) is 92.9 Å². The highest BCUT2D eigenvalue weighted by Gasteiger charge is 2.67. The number of rotatable bonds is 4. The van der Waals surface area contributed by atoms with Gasteiger partial charge in [-0.2, -0.15) is 0 Å². The molecule has 0 spiro atoms. The molecule has 4 aliphatic carbocycles. The molecule has 0 saturated heterocycles. The fourth-order valence-corrected chi connectivity index (χ4v) is 8.88. The van der Waals surface area contributed by atoms with Crippen LogP contribution in [-0.2, 0) is 0 Å². The lowest BCUT2D eigenvalue weighted by molar-refractivity contribution is -0.264. The van der Waals surface area contributed by atoms with Gasteiger partial charge in [0.2, 0.25) is 0 Å². The van der Waals surface area contributed by atoms with E-state index in [9.17, 15) is 20.4 Å². The molecular weight excluding hydrogens is 400 g/mol. The zero-order chi connectivity index (χ0) is 23.7. The highest BCUT2D eigenvalue weighted by Crippen LogP contribution is 2.69. The number of aliphatic hydroxyl groups excluding tert-OH is 2. The summed E-state index contributed by atoms with van der Waals surface area (Å²) in [6.07, 6.45) is 10.6. The van der Waals surface area contributed by atoms with Crippen LogP contribution in [-0.4, -0.2) is 43.8 Å². The Labute approximate surface area is 195 Å². The summed E-state index contributed by atoms with van der Waals surface area (Å²) in [5, 5.41) is 43.4. The molecule has 4 saturated carbocycles. The summed E-state index contributed by atoms with van der Waals surface area (Å²) in [5.74, 6) is 2.70. The first-order valence-electron chi connectivity index (χ1n) is 13.2. The van der Waals surface area contributed by atoms with E-state index in [4.69, 9.17) is 0 Å².